The maximum Gasteiger partial charge on any atom is 0.193 e. The number of hydrogen-bond donors (Lipinski definition) is 0. The fourth-order valence-electron chi connectivity index (χ4n) is 1.46. The van der Waals surface area contributed by atoms with Gasteiger partial charge in [0.1, 0.15) is 0 Å². The molecule has 62 valence electrons. The highest BCUT2D eigenvalue weighted by molar-refractivity contribution is 7.15. The van der Waals surface area contributed by atoms with E-state index in [2.05, 4.69) is 34.1 Å². The van der Waals surface area contributed by atoms with Gasteiger partial charge in [-0.2, -0.15) is 0 Å². The molecule has 3 heteroatoms. The molecule has 0 N–H and O–H groups in total. The zero-order chi connectivity index (χ0) is 8.18. The van der Waals surface area contributed by atoms with E-state index in [1.54, 1.807) is 11.3 Å². The molecule has 1 saturated carbocycles. The number of hydrogen-bond acceptors (Lipinski definition) is 2. The highest BCUT2D eigenvalue weighted by atomic mass is 32.1. The van der Waals surface area contributed by atoms with Crippen molar-refractivity contribution >= 4 is 16.3 Å². The summed E-state index contributed by atoms with van der Waals surface area (Å²) in [5.41, 5.74) is 1.68. The van der Waals surface area contributed by atoms with E-state index in [1.807, 2.05) is 0 Å². The molecule has 0 aromatic carbocycles. The van der Waals surface area contributed by atoms with Crippen LogP contribution in [0.25, 0.3) is 4.96 Å². The first-order valence-electron chi connectivity index (χ1n) is 4.21. The first-order chi connectivity index (χ1) is 5.78. The Labute approximate surface area is 74.9 Å². The fraction of sp³-hybridized carbons (Fsp3) is 0.444. The molecule has 0 bridgehead atoms. The molecule has 2 aromatic heterocycles. The molecule has 1 aliphatic rings. The van der Waals surface area contributed by atoms with Gasteiger partial charge in [0.2, 0.25) is 0 Å². The Morgan fingerprint density at radius 1 is 1.58 bits per heavy atom. The SMILES string of the molecule is CC1(c2cn3ccsc3n2)CC1. The number of aromatic nitrogens is 2. The van der Waals surface area contributed by atoms with E-state index in [0.29, 0.717) is 5.41 Å². The maximum absolute atomic E-state index is 4.59. The average molecular weight is 178 g/mol. The molecule has 12 heavy (non-hydrogen) atoms. The lowest BCUT2D eigenvalue weighted by atomic mass is 10.1. The number of nitrogens with zero attached hydrogens (tertiary/aromatic N) is 2. The van der Waals surface area contributed by atoms with Gasteiger partial charge in [-0.3, -0.25) is 4.40 Å². The second kappa shape index (κ2) is 1.91. The Morgan fingerprint density at radius 2 is 2.42 bits per heavy atom. The third-order valence-electron chi connectivity index (χ3n) is 2.71. The summed E-state index contributed by atoms with van der Waals surface area (Å²) in [6.45, 7) is 2.29. The summed E-state index contributed by atoms with van der Waals surface area (Å²) < 4.78 is 2.11. The van der Waals surface area contributed by atoms with E-state index in [1.165, 1.54) is 18.5 Å². The lowest BCUT2D eigenvalue weighted by molar-refractivity contribution is 0.759. The molecule has 1 fully saturated rings. The topological polar surface area (TPSA) is 17.3 Å². The predicted octanol–water partition coefficient (Wildman–Crippen LogP) is 2.45. The van der Waals surface area contributed by atoms with E-state index in [4.69, 9.17) is 0 Å². The molecular formula is C9H10N2S. The van der Waals surface area contributed by atoms with Gasteiger partial charge in [-0.1, -0.05) is 6.92 Å². The van der Waals surface area contributed by atoms with Gasteiger partial charge >= 0.3 is 0 Å². The van der Waals surface area contributed by atoms with Crippen LogP contribution in [0.4, 0.5) is 0 Å². The van der Waals surface area contributed by atoms with Gasteiger partial charge in [0.15, 0.2) is 4.96 Å². The van der Waals surface area contributed by atoms with Crippen molar-refractivity contribution < 1.29 is 0 Å². The van der Waals surface area contributed by atoms with Crippen molar-refractivity contribution in [3.8, 4) is 0 Å². The van der Waals surface area contributed by atoms with Crippen LogP contribution in [0.3, 0.4) is 0 Å². The van der Waals surface area contributed by atoms with E-state index >= 15 is 0 Å². The highest BCUT2D eigenvalue weighted by Gasteiger charge is 2.41. The second-order valence-corrected chi connectivity index (χ2v) is 4.65. The van der Waals surface area contributed by atoms with Crippen molar-refractivity contribution in [3.05, 3.63) is 23.5 Å². The number of thiazole rings is 1. The zero-order valence-electron chi connectivity index (χ0n) is 6.95. The molecule has 0 atom stereocenters. The maximum atomic E-state index is 4.59. The molecule has 2 nitrogen and oxygen atoms in total. The smallest absolute Gasteiger partial charge is 0.193 e. The van der Waals surface area contributed by atoms with Gasteiger partial charge in [0.05, 0.1) is 5.69 Å². The van der Waals surface area contributed by atoms with Crippen LogP contribution < -0.4 is 0 Å². The third-order valence-corrected chi connectivity index (χ3v) is 3.48. The molecular weight excluding hydrogens is 168 g/mol. The Bertz CT molecular complexity index is 394. The van der Waals surface area contributed by atoms with E-state index in [-0.39, 0.29) is 0 Å². The Balaban J connectivity index is 2.21. The minimum Gasteiger partial charge on any atom is -0.297 e. The second-order valence-electron chi connectivity index (χ2n) is 3.78. The molecule has 0 amide bonds. The molecule has 2 heterocycles. The molecule has 2 aromatic rings. The summed E-state index contributed by atoms with van der Waals surface area (Å²) in [6.07, 6.45) is 6.84. The van der Waals surface area contributed by atoms with Gasteiger partial charge in [-0.15, -0.1) is 11.3 Å². The van der Waals surface area contributed by atoms with Crippen LogP contribution in [-0.4, -0.2) is 9.38 Å². The lowest BCUT2D eigenvalue weighted by Gasteiger charge is -2.00. The van der Waals surface area contributed by atoms with Gasteiger partial charge < -0.3 is 0 Å². The summed E-state index contributed by atoms with van der Waals surface area (Å²) in [6, 6.07) is 0. The average Bonchev–Trinajstić information content (AvgIpc) is 2.50. The summed E-state index contributed by atoms with van der Waals surface area (Å²) in [5.74, 6) is 0. The summed E-state index contributed by atoms with van der Waals surface area (Å²) in [7, 11) is 0. The number of fused-ring (bicyclic) bond motifs is 1. The van der Waals surface area contributed by atoms with Crippen molar-refractivity contribution in [1.82, 2.24) is 9.38 Å². The van der Waals surface area contributed by atoms with Crippen LogP contribution in [0.1, 0.15) is 25.5 Å². The monoisotopic (exact) mass is 178 g/mol. The van der Waals surface area contributed by atoms with Gasteiger partial charge in [-0.05, 0) is 12.8 Å². The molecule has 0 spiro atoms. The molecule has 0 radical (unpaired) electrons. The number of rotatable bonds is 1. The first-order valence-corrected chi connectivity index (χ1v) is 5.09. The highest BCUT2D eigenvalue weighted by Crippen LogP contribution is 2.47. The van der Waals surface area contributed by atoms with E-state index in [9.17, 15) is 0 Å². The fourth-order valence-corrected chi connectivity index (χ4v) is 2.16. The van der Waals surface area contributed by atoms with Crippen LogP contribution in [-0.2, 0) is 5.41 Å². The summed E-state index contributed by atoms with van der Waals surface area (Å²) >= 11 is 1.70. The lowest BCUT2D eigenvalue weighted by Crippen LogP contribution is -1.98. The molecule has 1 aliphatic carbocycles. The zero-order valence-corrected chi connectivity index (χ0v) is 7.77. The first kappa shape index (κ1) is 6.66. The molecule has 0 saturated heterocycles. The van der Waals surface area contributed by atoms with Gasteiger partial charge in [0, 0.05) is 23.2 Å². The van der Waals surface area contributed by atoms with Gasteiger partial charge in [0.25, 0.3) is 0 Å². The standard InChI is InChI=1S/C9H10N2S/c1-9(2-3-9)7-6-11-4-5-12-8(11)10-7/h4-6H,2-3H2,1H3. The normalized spacial score (nSPS) is 20.1. The Hall–Kier alpha value is -0.830. The van der Waals surface area contributed by atoms with Crippen molar-refractivity contribution in [2.45, 2.75) is 25.2 Å². The van der Waals surface area contributed by atoms with Crippen molar-refractivity contribution in [1.29, 1.82) is 0 Å². The van der Waals surface area contributed by atoms with Crippen molar-refractivity contribution in [2.75, 3.05) is 0 Å². The Kier molecular flexibility index (Phi) is 1.06. The largest absolute Gasteiger partial charge is 0.297 e. The van der Waals surface area contributed by atoms with E-state index in [0.717, 1.165) is 4.96 Å². The van der Waals surface area contributed by atoms with Crippen LogP contribution in [0.5, 0.6) is 0 Å². The van der Waals surface area contributed by atoms with Crippen LogP contribution in [0.2, 0.25) is 0 Å². The summed E-state index contributed by atoms with van der Waals surface area (Å²) in [4.78, 5) is 5.71. The quantitative estimate of drug-likeness (QED) is 0.655. The van der Waals surface area contributed by atoms with Crippen LogP contribution >= 0.6 is 11.3 Å². The predicted molar refractivity (Wildman–Crippen MR) is 49.7 cm³/mol. The van der Waals surface area contributed by atoms with Crippen molar-refractivity contribution in [3.63, 3.8) is 0 Å². The van der Waals surface area contributed by atoms with E-state index < -0.39 is 0 Å². The van der Waals surface area contributed by atoms with Crippen LogP contribution in [0.15, 0.2) is 17.8 Å². The molecule has 0 unspecified atom stereocenters. The number of imidazole rings is 1. The minimum absolute atomic E-state index is 0.408. The Morgan fingerprint density at radius 3 is 3.08 bits per heavy atom. The van der Waals surface area contributed by atoms with Gasteiger partial charge in [-0.25, -0.2) is 4.98 Å². The minimum atomic E-state index is 0.408. The molecule has 3 rings (SSSR count). The molecule has 0 aliphatic heterocycles. The summed E-state index contributed by atoms with van der Waals surface area (Å²) in [5, 5.41) is 2.07. The van der Waals surface area contributed by atoms with Crippen LogP contribution in [0, 0.1) is 0 Å². The van der Waals surface area contributed by atoms with Crippen molar-refractivity contribution in [2.24, 2.45) is 0 Å². The third kappa shape index (κ3) is 0.771.